The molecular formula is C15H19NO2. The van der Waals surface area contributed by atoms with Crippen LogP contribution >= 0.6 is 0 Å². The molecule has 0 amide bonds. The topological polar surface area (TPSA) is 44.6 Å². The number of carbonyl (C=O) groups is 1. The van der Waals surface area contributed by atoms with Crippen molar-refractivity contribution in [1.29, 1.82) is 0 Å². The average molecular weight is 245 g/mol. The highest BCUT2D eigenvalue weighted by Crippen LogP contribution is 2.40. The Hall–Kier alpha value is -1.35. The molecule has 96 valence electrons. The van der Waals surface area contributed by atoms with Crippen molar-refractivity contribution in [3.8, 4) is 0 Å². The zero-order valence-electron chi connectivity index (χ0n) is 10.5. The molecule has 3 nitrogen and oxygen atoms in total. The Morgan fingerprint density at radius 2 is 1.94 bits per heavy atom. The lowest BCUT2D eigenvalue weighted by atomic mass is 9.92. The zero-order chi connectivity index (χ0) is 12.5. The molecule has 1 aliphatic carbocycles. The summed E-state index contributed by atoms with van der Waals surface area (Å²) in [6.45, 7) is 2.67. The van der Waals surface area contributed by atoms with E-state index in [2.05, 4.69) is 12.1 Å². The van der Waals surface area contributed by atoms with Gasteiger partial charge in [-0.05, 0) is 18.8 Å². The molecule has 1 saturated heterocycles. The number of hydrogen-bond acceptors (Lipinski definition) is 2. The van der Waals surface area contributed by atoms with Crippen LogP contribution < -0.4 is 10.0 Å². The Bertz CT molecular complexity index is 427. The normalized spacial score (nSPS) is 31.4. The van der Waals surface area contributed by atoms with Crippen molar-refractivity contribution in [2.45, 2.75) is 19.4 Å². The molecule has 0 bridgehead atoms. The zero-order valence-corrected chi connectivity index (χ0v) is 10.5. The van der Waals surface area contributed by atoms with E-state index in [1.165, 1.54) is 23.3 Å². The van der Waals surface area contributed by atoms with E-state index in [0.29, 0.717) is 11.8 Å². The Balaban J connectivity index is 1.66. The molecule has 0 aromatic heterocycles. The Kier molecular flexibility index (Phi) is 3.08. The number of quaternary nitrogens is 1. The first kappa shape index (κ1) is 11.7. The van der Waals surface area contributed by atoms with Gasteiger partial charge in [0.05, 0.1) is 25.0 Å². The van der Waals surface area contributed by atoms with E-state index in [-0.39, 0.29) is 5.92 Å². The first-order chi connectivity index (χ1) is 8.74. The van der Waals surface area contributed by atoms with Crippen molar-refractivity contribution in [2.75, 3.05) is 13.1 Å². The lowest BCUT2D eigenvalue weighted by molar-refractivity contribution is -0.904. The highest BCUT2D eigenvalue weighted by atomic mass is 16.4. The Labute approximate surface area is 107 Å². The van der Waals surface area contributed by atoms with Crippen LogP contribution in [0.1, 0.15) is 18.4 Å². The SMILES string of the molecule is O=C([O-])[C@H]1C[NH+](Cc2ccccc2)C[C@@H]1C1CC1. The van der Waals surface area contributed by atoms with Crippen molar-refractivity contribution in [1.82, 2.24) is 0 Å². The second-order valence-electron chi connectivity index (χ2n) is 5.75. The summed E-state index contributed by atoms with van der Waals surface area (Å²) in [5, 5.41) is 11.2. The molecule has 1 N–H and O–H groups in total. The van der Waals surface area contributed by atoms with E-state index >= 15 is 0 Å². The summed E-state index contributed by atoms with van der Waals surface area (Å²) in [5.41, 5.74) is 1.29. The molecule has 3 heteroatoms. The van der Waals surface area contributed by atoms with Crippen molar-refractivity contribution < 1.29 is 14.8 Å². The largest absolute Gasteiger partial charge is 0.550 e. The molecule has 3 rings (SSSR count). The van der Waals surface area contributed by atoms with Gasteiger partial charge in [0.2, 0.25) is 0 Å². The van der Waals surface area contributed by atoms with Crippen LogP contribution in [0.2, 0.25) is 0 Å². The maximum atomic E-state index is 11.2. The number of likely N-dealkylation sites (tertiary alicyclic amines) is 1. The first-order valence-electron chi connectivity index (χ1n) is 6.82. The molecule has 2 aliphatic rings. The summed E-state index contributed by atoms with van der Waals surface area (Å²) in [6.07, 6.45) is 2.43. The highest BCUT2D eigenvalue weighted by molar-refractivity contribution is 5.68. The molecule has 1 unspecified atom stereocenters. The summed E-state index contributed by atoms with van der Waals surface area (Å²) >= 11 is 0. The van der Waals surface area contributed by atoms with Gasteiger partial charge >= 0.3 is 0 Å². The fraction of sp³-hybridized carbons (Fsp3) is 0.533. The van der Waals surface area contributed by atoms with Gasteiger partial charge in [0.1, 0.15) is 6.54 Å². The lowest BCUT2D eigenvalue weighted by Gasteiger charge is -2.15. The summed E-state index contributed by atoms with van der Waals surface area (Å²) in [5.74, 6) is -0.0546. The van der Waals surface area contributed by atoms with Crippen LogP contribution in [-0.4, -0.2) is 19.1 Å². The highest BCUT2D eigenvalue weighted by Gasteiger charge is 2.45. The summed E-state index contributed by atoms with van der Waals surface area (Å²) in [4.78, 5) is 12.6. The third-order valence-corrected chi connectivity index (χ3v) is 4.38. The predicted molar refractivity (Wildman–Crippen MR) is 65.6 cm³/mol. The molecule has 3 atom stereocenters. The third-order valence-electron chi connectivity index (χ3n) is 4.38. The summed E-state index contributed by atoms with van der Waals surface area (Å²) in [6, 6.07) is 10.3. The van der Waals surface area contributed by atoms with Crippen LogP contribution in [0.5, 0.6) is 0 Å². The average Bonchev–Trinajstić information content (AvgIpc) is 3.12. The second kappa shape index (κ2) is 4.73. The van der Waals surface area contributed by atoms with Gasteiger partial charge in [-0.1, -0.05) is 30.3 Å². The molecule has 0 spiro atoms. The minimum atomic E-state index is -0.838. The van der Waals surface area contributed by atoms with E-state index in [1.807, 2.05) is 18.2 Å². The third kappa shape index (κ3) is 2.41. The standard InChI is InChI=1S/C15H19NO2/c17-15(18)14-10-16(9-13(14)12-6-7-12)8-11-4-2-1-3-5-11/h1-5,12-14H,6-10H2,(H,17,18)/t13-,14+/m1/s1. The van der Waals surface area contributed by atoms with Crippen LogP contribution in [0.25, 0.3) is 0 Å². The van der Waals surface area contributed by atoms with Crippen LogP contribution in [0.3, 0.4) is 0 Å². The van der Waals surface area contributed by atoms with E-state index in [0.717, 1.165) is 19.6 Å². The van der Waals surface area contributed by atoms with E-state index in [4.69, 9.17) is 0 Å². The minimum Gasteiger partial charge on any atom is -0.550 e. The fourth-order valence-corrected chi connectivity index (χ4v) is 3.33. The van der Waals surface area contributed by atoms with Crippen LogP contribution in [0, 0.1) is 17.8 Å². The Morgan fingerprint density at radius 3 is 2.56 bits per heavy atom. The van der Waals surface area contributed by atoms with Gasteiger partial charge in [-0.2, -0.15) is 0 Å². The van der Waals surface area contributed by atoms with Crippen molar-refractivity contribution in [3.05, 3.63) is 35.9 Å². The van der Waals surface area contributed by atoms with Gasteiger partial charge in [-0.3, -0.25) is 0 Å². The number of carboxylic acids is 1. The summed E-state index contributed by atoms with van der Waals surface area (Å²) < 4.78 is 0. The first-order valence-corrected chi connectivity index (χ1v) is 6.82. The second-order valence-corrected chi connectivity index (χ2v) is 5.75. The van der Waals surface area contributed by atoms with Gasteiger partial charge in [-0.15, -0.1) is 0 Å². The maximum absolute atomic E-state index is 11.2. The number of benzene rings is 1. The molecule has 1 aliphatic heterocycles. The number of carbonyl (C=O) groups excluding carboxylic acids is 1. The lowest BCUT2D eigenvalue weighted by Crippen LogP contribution is -3.09. The van der Waals surface area contributed by atoms with Crippen molar-refractivity contribution >= 4 is 5.97 Å². The molecule has 1 saturated carbocycles. The maximum Gasteiger partial charge on any atom is 0.103 e. The van der Waals surface area contributed by atoms with Gasteiger partial charge < -0.3 is 14.8 Å². The minimum absolute atomic E-state index is 0.226. The number of hydrogen-bond donors (Lipinski definition) is 1. The molecule has 18 heavy (non-hydrogen) atoms. The predicted octanol–water partition coefficient (Wildman–Crippen LogP) is -0.523. The van der Waals surface area contributed by atoms with Crippen LogP contribution in [-0.2, 0) is 11.3 Å². The number of carboxylic acid groups (broad SMARTS) is 1. The van der Waals surface area contributed by atoms with E-state index in [9.17, 15) is 9.90 Å². The molecule has 1 heterocycles. The van der Waals surface area contributed by atoms with Gasteiger partial charge in [-0.25, -0.2) is 0 Å². The van der Waals surface area contributed by atoms with E-state index in [1.54, 1.807) is 0 Å². The number of aliphatic carboxylic acids is 1. The monoisotopic (exact) mass is 245 g/mol. The number of rotatable bonds is 4. The van der Waals surface area contributed by atoms with Gasteiger partial charge in [0.15, 0.2) is 0 Å². The fourth-order valence-electron chi connectivity index (χ4n) is 3.33. The smallest absolute Gasteiger partial charge is 0.103 e. The van der Waals surface area contributed by atoms with Gasteiger partial charge in [0, 0.05) is 11.5 Å². The molecule has 1 aromatic carbocycles. The van der Waals surface area contributed by atoms with Crippen LogP contribution in [0.4, 0.5) is 0 Å². The van der Waals surface area contributed by atoms with Crippen LogP contribution in [0.15, 0.2) is 30.3 Å². The molecular weight excluding hydrogens is 226 g/mol. The Morgan fingerprint density at radius 1 is 1.22 bits per heavy atom. The van der Waals surface area contributed by atoms with Gasteiger partial charge in [0.25, 0.3) is 0 Å². The summed E-state index contributed by atoms with van der Waals surface area (Å²) in [7, 11) is 0. The number of nitrogens with one attached hydrogen (secondary N) is 1. The quantitative estimate of drug-likeness (QED) is 0.775. The molecule has 2 fully saturated rings. The molecule has 0 radical (unpaired) electrons. The van der Waals surface area contributed by atoms with Crippen molar-refractivity contribution in [3.63, 3.8) is 0 Å². The molecule has 1 aromatic rings. The van der Waals surface area contributed by atoms with Crippen molar-refractivity contribution in [2.24, 2.45) is 17.8 Å². The van der Waals surface area contributed by atoms with E-state index < -0.39 is 5.97 Å².